The average molecular weight is 379 g/mol. The summed E-state index contributed by atoms with van der Waals surface area (Å²) in [5.41, 5.74) is -1.20. The lowest BCUT2D eigenvalue weighted by Gasteiger charge is -2.15. The molecule has 0 aliphatic heterocycles. The molecule has 5 nitrogen and oxygen atoms in total. The van der Waals surface area contributed by atoms with Gasteiger partial charge < -0.3 is 10.1 Å². The van der Waals surface area contributed by atoms with Gasteiger partial charge >= 0.3 is 6.18 Å². The zero-order valence-electron chi connectivity index (χ0n) is 13.7. The molecule has 0 aliphatic rings. The van der Waals surface area contributed by atoms with E-state index in [-0.39, 0.29) is 11.4 Å². The van der Waals surface area contributed by atoms with E-state index in [4.69, 9.17) is 4.74 Å². The van der Waals surface area contributed by atoms with Crippen LogP contribution in [-0.4, -0.2) is 22.3 Å². The van der Waals surface area contributed by atoms with Gasteiger partial charge in [-0.05, 0) is 48.5 Å². The summed E-state index contributed by atoms with van der Waals surface area (Å²) in [4.78, 5) is 12.0. The summed E-state index contributed by atoms with van der Waals surface area (Å²) in [5.74, 6) is -1.04. The molecule has 1 amide bonds. The minimum atomic E-state index is -4.68. The zero-order chi connectivity index (χ0) is 19.4. The van der Waals surface area contributed by atoms with Crippen molar-refractivity contribution in [2.24, 2.45) is 0 Å². The number of carbonyl (C=O) groups is 1. The molecule has 2 aromatic carbocycles. The number of amides is 1. The van der Waals surface area contributed by atoms with Crippen LogP contribution in [0.4, 0.5) is 23.2 Å². The van der Waals surface area contributed by atoms with Crippen molar-refractivity contribution in [3.05, 3.63) is 72.3 Å². The minimum Gasteiger partial charge on any atom is -0.484 e. The highest BCUT2D eigenvalue weighted by Crippen LogP contribution is 2.36. The van der Waals surface area contributed by atoms with Crippen LogP contribution in [0.5, 0.6) is 5.75 Å². The first-order valence-corrected chi connectivity index (χ1v) is 7.72. The molecule has 1 aromatic heterocycles. The molecule has 140 valence electrons. The van der Waals surface area contributed by atoms with E-state index in [2.05, 4.69) is 10.4 Å². The van der Waals surface area contributed by atoms with E-state index in [1.807, 2.05) is 0 Å². The summed E-state index contributed by atoms with van der Waals surface area (Å²) >= 11 is 0. The van der Waals surface area contributed by atoms with Crippen LogP contribution in [0.2, 0.25) is 0 Å². The second-order valence-corrected chi connectivity index (χ2v) is 5.47. The van der Waals surface area contributed by atoms with Crippen molar-refractivity contribution in [2.75, 3.05) is 11.9 Å². The van der Waals surface area contributed by atoms with E-state index < -0.39 is 35.8 Å². The average Bonchev–Trinajstić information content (AvgIpc) is 3.15. The second kappa shape index (κ2) is 7.48. The Labute approximate surface area is 151 Å². The number of benzene rings is 2. The van der Waals surface area contributed by atoms with E-state index in [1.54, 1.807) is 6.07 Å². The van der Waals surface area contributed by atoms with Crippen molar-refractivity contribution in [1.29, 1.82) is 0 Å². The smallest absolute Gasteiger partial charge is 0.418 e. The van der Waals surface area contributed by atoms with Crippen molar-refractivity contribution in [2.45, 2.75) is 6.18 Å². The standard InChI is InChI=1S/C18H13F4N3O2/c19-12-2-5-14(6-3-12)27-11-17(26)24-16-7-4-13(25-9-1-8-23-25)10-15(16)18(20,21)22/h1-10H,11H2,(H,24,26). The maximum atomic E-state index is 13.4. The molecule has 0 spiro atoms. The van der Waals surface area contributed by atoms with Gasteiger partial charge in [-0.15, -0.1) is 0 Å². The third-order valence-electron chi connectivity index (χ3n) is 3.54. The minimum absolute atomic E-state index is 0.202. The summed E-state index contributed by atoms with van der Waals surface area (Å²) in [5, 5.41) is 6.07. The van der Waals surface area contributed by atoms with E-state index in [1.165, 1.54) is 35.3 Å². The molecule has 0 aliphatic carbocycles. The summed E-state index contributed by atoms with van der Waals surface area (Å²) in [6.07, 6.45) is -1.73. The predicted molar refractivity (Wildman–Crippen MR) is 89.1 cm³/mol. The molecule has 9 heteroatoms. The third-order valence-corrected chi connectivity index (χ3v) is 3.54. The van der Waals surface area contributed by atoms with Crippen molar-refractivity contribution < 1.29 is 27.1 Å². The van der Waals surface area contributed by atoms with Crippen molar-refractivity contribution in [1.82, 2.24) is 9.78 Å². The summed E-state index contributed by atoms with van der Waals surface area (Å²) in [6.45, 7) is -0.524. The highest BCUT2D eigenvalue weighted by molar-refractivity contribution is 5.93. The van der Waals surface area contributed by atoms with Crippen LogP contribution in [0.15, 0.2) is 60.9 Å². The number of aromatic nitrogens is 2. The number of nitrogens with zero attached hydrogens (tertiary/aromatic N) is 2. The number of ether oxygens (including phenoxy) is 1. The summed E-state index contributed by atoms with van der Waals surface area (Å²) in [7, 11) is 0. The monoisotopic (exact) mass is 379 g/mol. The summed E-state index contributed by atoms with van der Waals surface area (Å²) < 4.78 is 59.3. The molecule has 0 saturated heterocycles. The Balaban J connectivity index is 1.75. The molecule has 0 fully saturated rings. The van der Waals surface area contributed by atoms with Gasteiger partial charge in [-0.2, -0.15) is 18.3 Å². The van der Waals surface area contributed by atoms with Crippen LogP contribution in [0.3, 0.4) is 0 Å². The lowest BCUT2D eigenvalue weighted by molar-refractivity contribution is -0.137. The number of nitrogens with one attached hydrogen (secondary N) is 1. The molecule has 3 aromatic rings. The maximum absolute atomic E-state index is 13.4. The van der Waals surface area contributed by atoms with Crippen LogP contribution in [-0.2, 0) is 11.0 Å². The molecule has 0 atom stereocenters. The Morgan fingerprint density at radius 2 is 1.89 bits per heavy atom. The Kier molecular flexibility index (Phi) is 5.11. The first-order valence-electron chi connectivity index (χ1n) is 7.72. The number of hydrogen-bond acceptors (Lipinski definition) is 3. The highest BCUT2D eigenvalue weighted by Gasteiger charge is 2.34. The van der Waals surface area contributed by atoms with Gasteiger partial charge in [0.15, 0.2) is 6.61 Å². The zero-order valence-corrected chi connectivity index (χ0v) is 13.7. The number of alkyl halides is 3. The molecular weight excluding hydrogens is 366 g/mol. The normalized spacial score (nSPS) is 11.3. The van der Waals surface area contributed by atoms with Crippen molar-refractivity contribution in [3.63, 3.8) is 0 Å². The van der Waals surface area contributed by atoms with Gasteiger partial charge in [0.1, 0.15) is 11.6 Å². The number of hydrogen-bond donors (Lipinski definition) is 1. The Morgan fingerprint density at radius 1 is 1.15 bits per heavy atom. The van der Waals surface area contributed by atoms with Crippen LogP contribution in [0.1, 0.15) is 5.56 Å². The van der Waals surface area contributed by atoms with Crippen molar-refractivity contribution in [3.8, 4) is 11.4 Å². The summed E-state index contributed by atoms with van der Waals surface area (Å²) in [6, 6.07) is 9.92. The Hall–Kier alpha value is -3.36. The van der Waals surface area contributed by atoms with Gasteiger partial charge in [-0.3, -0.25) is 4.79 Å². The molecule has 1 heterocycles. The van der Waals surface area contributed by atoms with E-state index in [9.17, 15) is 22.4 Å². The van der Waals surface area contributed by atoms with E-state index >= 15 is 0 Å². The first kappa shape index (κ1) is 18.4. The molecule has 0 saturated carbocycles. The predicted octanol–water partition coefficient (Wildman–Crippen LogP) is 4.05. The van der Waals surface area contributed by atoms with Crippen LogP contribution in [0, 0.1) is 5.82 Å². The van der Waals surface area contributed by atoms with Crippen LogP contribution < -0.4 is 10.1 Å². The maximum Gasteiger partial charge on any atom is 0.418 e. The Morgan fingerprint density at radius 3 is 2.52 bits per heavy atom. The third kappa shape index (κ3) is 4.63. The fourth-order valence-corrected chi connectivity index (χ4v) is 2.31. The SMILES string of the molecule is O=C(COc1ccc(F)cc1)Nc1ccc(-n2cccn2)cc1C(F)(F)F. The molecule has 0 radical (unpaired) electrons. The van der Waals surface area contributed by atoms with Gasteiger partial charge in [0.05, 0.1) is 16.9 Å². The molecule has 0 bridgehead atoms. The molecule has 0 unspecified atom stereocenters. The van der Waals surface area contributed by atoms with Crippen molar-refractivity contribution >= 4 is 11.6 Å². The topological polar surface area (TPSA) is 56.1 Å². The Bertz CT molecular complexity index is 923. The van der Waals surface area contributed by atoms with Gasteiger partial charge in [-0.1, -0.05) is 0 Å². The molecule has 1 N–H and O–H groups in total. The van der Waals surface area contributed by atoms with E-state index in [0.717, 1.165) is 24.3 Å². The van der Waals surface area contributed by atoms with Gasteiger partial charge in [0.25, 0.3) is 5.91 Å². The number of anilines is 1. The fraction of sp³-hybridized carbons (Fsp3) is 0.111. The number of halogens is 4. The van der Waals surface area contributed by atoms with Gasteiger partial charge in [0, 0.05) is 12.4 Å². The lowest BCUT2D eigenvalue weighted by atomic mass is 10.1. The van der Waals surface area contributed by atoms with E-state index in [0.29, 0.717) is 0 Å². The van der Waals surface area contributed by atoms with Crippen LogP contribution in [0.25, 0.3) is 5.69 Å². The number of rotatable bonds is 5. The van der Waals surface area contributed by atoms with Gasteiger partial charge in [-0.25, -0.2) is 9.07 Å². The lowest BCUT2D eigenvalue weighted by Crippen LogP contribution is -2.22. The highest BCUT2D eigenvalue weighted by atomic mass is 19.4. The molecule has 3 rings (SSSR count). The second-order valence-electron chi connectivity index (χ2n) is 5.47. The van der Waals surface area contributed by atoms with Gasteiger partial charge in [0.2, 0.25) is 0 Å². The molecular formula is C18H13F4N3O2. The first-order chi connectivity index (χ1) is 12.8. The largest absolute Gasteiger partial charge is 0.484 e. The quantitative estimate of drug-likeness (QED) is 0.681. The molecule has 27 heavy (non-hydrogen) atoms. The fourth-order valence-electron chi connectivity index (χ4n) is 2.31. The van der Waals surface area contributed by atoms with Crippen LogP contribution >= 0.6 is 0 Å². The number of carbonyl (C=O) groups excluding carboxylic acids is 1.